The number of anilines is 1. The molecule has 2 amide bonds. The zero-order valence-electron chi connectivity index (χ0n) is 15.5. The first-order valence-electron chi connectivity index (χ1n) is 9.15. The Kier molecular flexibility index (Phi) is 6.70. The first kappa shape index (κ1) is 20.4. The lowest BCUT2D eigenvalue weighted by molar-refractivity contribution is -0.119. The predicted octanol–water partition coefficient (Wildman–Crippen LogP) is 5.28. The molecule has 146 valence electrons. The van der Waals surface area contributed by atoms with Crippen LogP contribution in [0.25, 0.3) is 0 Å². The lowest BCUT2D eigenvalue weighted by atomic mass is 10.1. The fourth-order valence-corrected chi connectivity index (χ4v) is 3.43. The molecule has 2 aromatic carbocycles. The Labute approximate surface area is 174 Å². The van der Waals surface area contributed by atoms with Gasteiger partial charge in [0.15, 0.2) is 0 Å². The summed E-state index contributed by atoms with van der Waals surface area (Å²) in [7, 11) is 0. The van der Waals surface area contributed by atoms with Crippen molar-refractivity contribution < 1.29 is 9.59 Å². The largest absolute Gasteiger partial charge is 0.326 e. The molecule has 1 fully saturated rings. The third-order valence-electron chi connectivity index (χ3n) is 4.80. The second-order valence-electron chi connectivity index (χ2n) is 6.82. The van der Waals surface area contributed by atoms with Crippen LogP contribution in [-0.4, -0.2) is 17.5 Å². The van der Waals surface area contributed by atoms with Crippen LogP contribution in [0.1, 0.15) is 48.5 Å². The van der Waals surface area contributed by atoms with E-state index in [-0.39, 0.29) is 17.7 Å². The van der Waals surface area contributed by atoms with Crippen molar-refractivity contribution in [3.8, 4) is 0 Å². The molecule has 1 aliphatic carbocycles. The molecule has 28 heavy (non-hydrogen) atoms. The molecule has 3 rings (SSSR count). The predicted molar refractivity (Wildman–Crippen MR) is 113 cm³/mol. The van der Waals surface area contributed by atoms with E-state index in [0.29, 0.717) is 21.3 Å². The summed E-state index contributed by atoms with van der Waals surface area (Å²) < 4.78 is 0. The summed E-state index contributed by atoms with van der Waals surface area (Å²) in [6.07, 6.45) is 4.18. The molecule has 0 aliphatic heterocycles. The van der Waals surface area contributed by atoms with Crippen LogP contribution in [0, 0.1) is 5.92 Å². The van der Waals surface area contributed by atoms with Gasteiger partial charge < -0.3 is 5.32 Å². The Morgan fingerprint density at radius 2 is 1.61 bits per heavy atom. The van der Waals surface area contributed by atoms with Gasteiger partial charge in [0.25, 0.3) is 5.91 Å². The molecule has 2 aromatic rings. The molecule has 0 unspecified atom stereocenters. The number of benzene rings is 2. The van der Waals surface area contributed by atoms with Crippen LogP contribution in [0.5, 0.6) is 0 Å². The van der Waals surface area contributed by atoms with Crippen LogP contribution in [0.4, 0.5) is 5.69 Å². The average molecular weight is 418 g/mol. The fraction of sp³-hybridized carbons (Fsp3) is 0.286. The van der Waals surface area contributed by atoms with Gasteiger partial charge in [-0.05, 0) is 55.7 Å². The highest BCUT2D eigenvalue weighted by atomic mass is 35.5. The van der Waals surface area contributed by atoms with E-state index >= 15 is 0 Å². The van der Waals surface area contributed by atoms with E-state index < -0.39 is 0 Å². The number of carbonyl (C=O) groups excluding carboxylic acids is 2. The van der Waals surface area contributed by atoms with E-state index in [4.69, 9.17) is 23.2 Å². The maximum Gasteiger partial charge on any atom is 0.271 e. The summed E-state index contributed by atoms with van der Waals surface area (Å²) in [6.45, 7) is 1.79. The van der Waals surface area contributed by atoms with Crippen molar-refractivity contribution in [2.75, 3.05) is 5.32 Å². The number of carbonyl (C=O) groups is 2. The van der Waals surface area contributed by atoms with Crippen molar-refractivity contribution in [3.05, 3.63) is 63.6 Å². The number of halogens is 2. The number of amides is 2. The van der Waals surface area contributed by atoms with Crippen molar-refractivity contribution >= 4 is 46.4 Å². The Morgan fingerprint density at radius 1 is 0.964 bits per heavy atom. The van der Waals surface area contributed by atoms with Crippen LogP contribution in [0.3, 0.4) is 0 Å². The van der Waals surface area contributed by atoms with E-state index in [2.05, 4.69) is 15.8 Å². The zero-order chi connectivity index (χ0) is 20.1. The highest BCUT2D eigenvalue weighted by Gasteiger charge is 2.22. The van der Waals surface area contributed by atoms with Crippen LogP contribution in [0.2, 0.25) is 10.0 Å². The third-order valence-corrected chi connectivity index (χ3v) is 5.54. The normalized spacial score (nSPS) is 14.8. The highest BCUT2D eigenvalue weighted by molar-refractivity contribution is 6.42. The van der Waals surface area contributed by atoms with Gasteiger partial charge in [-0.1, -0.05) is 48.2 Å². The van der Waals surface area contributed by atoms with Crippen LogP contribution in [-0.2, 0) is 4.79 Å². The minimum Gasteiger partial charge on any atom is -0.326 e. The van der Waals surface area contributed by atoms with Crippen LogP contribution in [0.15, 0.2) is 47.6 Å². The second-order valence-corrected chi connectivity index (χ2v) is 7.63. The summed E-state index contributed by atoms with van der Waals surface area (Å²) in [5.74, 6) is -0.164. The first-order valence-corrected chi connectivity index (χ1v) is 9.90. The Morgan fingerprint density at radius 3 is 2.25 bits per heavy atom. The van der Waals surface area contributed by atoms with E-state index in [1.54, 1.807) is 19.1 Å². The topological polar surface area (TPSA) is 70.6 Å². The molecule has 0 heterocycles. The third kappa shape index (κ3) is 5.12. The molecule has 0 bridgehead atoms. The van der Waals surface area contributed by atoms with Gasteiger partial charge in [0.05, 0.1) is 15.8 Å². The maximum atomic E-state index is 12.2. The average Bonchev–Trinajstić information content (AvgIpc) is 3.23. The molecule has 1 saturated carbocycles. The SMILES string of the molecule is CC(=NNC(=O)c1ccc(Cl)c(Cl)c1)c1ccc(NC(=O)C2CCCC2)cc1. The number of nitrogens with one attached hydrogen (secondary N) is 2. The first-order chi connectivity index (χ1) is 13.4. The van der Waals surface area contributed by atoms with Crippen molar-refractivity contribution in [3.63, 3.8) is 0 Å². The Balaban J connectivity index is 1.60. The summed E-state index contributed by atoms with van der Waals surface area (Å²) in [4.78, 5) is 24.4. The van der Waals surface area contributed by atoms with Crippen molar-refractivity contribution in [1.82, 2.24) is 5.43 Å². The van der Waals surface area contributed by atoms with Gasteiger partial charge in [-0.15, -0.1) is 0 Å². The minimum atomic E-state index is -0.377. The summed E-state index contributed by atoms with van der Waals surface area (Å²) in [5, 5.41) is 7.79. The quantitative estimate of drug-likeness (QED) is 0.513. The molecule has 0 saturated heterocycles. The molecule has 1 aliphatic rings. The molecule has 0 aromatic heterocycles. The van der Waals surface area contributed by atoms with Crippen LogP contribution >= 0.6 is 23.2 Å². The molecule has 7 heteroatoms. The van der Waals surface area contributed by atoms with E-state index in [1.807, 2.05) is 24.3 Å². The van der Waals surface area contributed by atoms with Crippen molar-refractivity contribution in [2.45, 2.75) is 32.6 Å². The smallest absolute Gasteiger partial charge is 0.271 e. The molecule has 0 radical (unpaired) electrons. The van der Waals surface area contributed by atoms with E-state index in [0.717, 1.165) is 36.9 Å². The fourth-order valence-electron chi connectivity index (χ4n) is 3.13. The molecule has 0 spiro atoms. The minimum absolute atomic E-state index is 0.0875. The van der Waals surface area contributed by atoms with Gasteiger partial charge >= 0.3 is 0 Å². The number of rotatable bonds is 5. The number of hydrogen-bond acceptors (Lipinski definition) is 3. The van der Waals surface area contributed by atoms with E-state index in [1.165, 1.54) is 6.07 Å². The highest BCUT2D eigenvalue weighted by Crippen LogP contribution is 2.26. The lowest BCUT2D eigenvalue weighted by Gasteiger charge is -2.11. The number of nitrogens with zero attached hydrogens (tertiary/aromatic N) is 1. The van der Waals surface area contributed by atoms with Gasteiger partial charge in [-0.3, -0.25) is 9.59 Å². The van der Waals surface area contributed by atoms with Gasteiger partial charge in [0.2, 0.25) is 5.91 Å². The molecule has 5 nitrogen and oxygen atoms in total. The van der Waals surface area contributed by atoms with Gasteiger partial charge in [0, 0.05) is 17.2 Å². The molecular weight excluding hydrogens is 397 g/mol. The van der Waals surface area contributed by atoms with Crippen LogP contribution < -0.4 is 10.7 Å². The number of hydrogen-bond donors (Lipinski definition) is 2. The van der Waals surface area contributed by atoms with Gasteiger partial charge in [0.1, 0.15) is 0 Å². The van der Waals surface area contributed by atoms with E-state index in [9.17, 15) is 9.59 Å². The van der Waals surface area contributed by atoms with Gasteiger partial charge in [-0.2, -0.15) is 5.10 Å². The lowest BCUT2D eigenvalue weighted by Crippen LogP contribution is -2.20. The van der Waals surface area contributed by atoms with Crippen molar-refractivity contribution in [1.29, 1.82) is 0 Å². The standard InChI is InChI=1S/C21H21Cl2N3O2/c1-13(25-26-21(28)16-8-11-18(22)19(23)12-16)14-6-9-17(10-7-14)24-20(27)15-4-2-3-5-15/h6-12,15H,2-5H2,1H3,(H,24,27)(H,26,28). The summed E-state index contributed by atoms with van der Waals surface area (Å²) in [6, 6.07) is 12.0. The summed E-state index contributed by atoms with van der Waals surface area (Å²) >= 11 is 11.8. The van der Waals surface area contributed by atoms with Crippen molar-refractivity contribution in [2.24, 2.45) is 11.0 Å². The maximum absolute atomic E-state index is 12.2. The second kappa shape index (κ2) is 9.22. The van der Waals surface area contributed by atoms with Gasteiger partial charge in [-0.25, -0.2) is 5.43 Å². The molecule has 0 atom stereocenters. The summed E-state index contributed by atoms with van der Waals surface area (Å²) in [5.41, 5.74) is 5.12. The Hall–Kier alpha value is -2.37. The molecule has 2 N–H and O–H groups in total. The molecular formula is C21H21Cl2N3O2. The number of hydrazone groups is 1. The monoisotopic (exact) mass is 417 g/mol. The zero-order valence-corrected chi connectivity index (χ0v) is 17.0. The Bertz CT molecular complexity index is 904.